The van der Waals surface area contributed by atoms with Crippen molar-refractivity contribution in [2.45, 2.75) is 12.1 Å². The van der Waals surface area contributed by atoms with Crippen molar-refractivity contribution in [3.05, 3.63) is 54.6 Å². The maximum atomic E-state index is 12.6. The minimum atomic E-state index is -0.134. The van der Waals surface area contributed by atoms with Crippen LogP contribution in [0.5, 0.6) is 0 Å². The van der Waals surface area contributed by atoms with Gasteiger partial charge in [-0.1, -0.05) is 0 Å². The summed E-state index contributed by atoms with van der Waals surface area (Å²) in [6.07, 6.45) is 8.73. The number of nitrogens with zero attached hydrogens (tertiary/aromatic N) is 5. The average molecular weight is 354 g/mol. The van der Waals surface area contributed by atoms with Gasteiger partial charge in [0, 0.05) is 32.5 Å². The number of aryl methyl sites for hydroxylation is 1. The molecule has 1 saturated heterocycles. The molecule has 3 aromatic rings. The molecule has 1 amide bonds. The molecule has 0 radical (unpaired) electrons. The second kappa shape index (κ2) is 6.89. The molecular formula is C18H22N6O2. The summed E-state index contributed by atoms with van der Waals surface area (Å²) in [7, 11) is 4.04. The van der Waals surface area contributed by atoms with Crippen LogP contribution < -0.4 is 5.32 Å². The van der Waals surface area contributed by atoms with Crippen LogP contribution in [0.15, 0.2) is 43.4 Å². The average Bonchev–Trinajstić information content (AvgIpc) is 3.27. The molecule has 8 nitrogen and oxygen atoms in total. The lowest BCUT2D eigenvalue weighted by Crippen LogP contribution is -2.48. The van der Waals surface area contributed by atoms with Gasteiger partial charge in [0.05, 0.1) is 54.4 Å². The maximum Gasteiger partial charge on any atom is 0.252 e. The summed E-state index contributed by atoms with van der Waals surface area (Å²) in [5.41, 5.74) is 2.62. The molecule has 0 aromatic carbocycles. The summed E-state index contributed by atoms with van der Waals surface area (Å²) >= 11 is 0. The van der Waals surface area contributed by atoms with E-state index in [0.29, 0.717) is 18.7 Å². The van der Waals surface area contributed by atoms with Crippen molar-refractivity contribution in [3.63, 3.8) is 0 Å². The Morgan fingerprint density at radius 1 is 1.27 bits per heavy atom. The van der Waals surface area contributed by atoms with E-state index in [1.54, 1.807) is 31.1 Å². The lowest BCUT2D eigenvalue weighted by Gasteiger charge is -2.39. The van der Waals surface area contributed by atoms with Gasteiger partial charge in [0.2, 0.25) is 0 Å². The first-order chi connectivity index (χ1) is 12.6. The largest absolute Gasteiger partial charge is 0.373 e. The van der Waals surface area contributed by atoms with Gasteiger partial charge in [-0.3, -0.25) is 9.69 Å². The van der Waals surface area contributed by atoms with E-state index < -0.39 is 0 Å². The predicted octanol–water partition coefficient (Wildman–Crippen LogP) is 0.869. The molecule has 0 saturated carbocycles. The lowest BCUT2D eigenvalue weighted by molar-refractivity contribution is -0.0626. The minimum Gasteiger partial charge on any atom is -0.373 e. The summed E-state index contributed by atoms with van der Waals surface area (Å²) in [5.74, 6) is -0.124. The Kier molecular flexibility index (Phi) is 4.44. The maximum absolute atomic E-state index is 12.6. The molecule has 1 aliphatic heterocycles. The van der Waals surface area contributed by atoms with Crippen LogP contribution in [0.25, 0.3) is 5.52 Å². The van der Waals surface area contributed by atoms with E-state index in [0.717, 1.165) is 17.8 Å². The van der Waals surface area contributed by atoms with Crippen LogP contribution in [0.3, 0.4) is 0 Å². The van der Waals surface area contributed by atoms with E-state index in [1.165, 1.54) is 0 Å². The molecule has 2 atom stereocenters. The third kappa shape index (κ3) is 3.09. The van der Waals surface area contributed by atoms with Gasteiger partial charge in [-0.2, -0.15) is 0 Å². The number of morpholine rings is 1. The van der Waals surface area contributed by atoms with E-state index in [1.807, 2.05) is 28.3 Å². The van der Waals surface area contributed by atoms with Crippen molar-refractivity contribution < 1.29 is 9.53 Å². The van der Waals surface area contributed by atoms with Crippen LogP contribution in [-0.2, 0) is 11.8 Å². The number of imidazole rings is 2. The third-order valence-electron chi connectivity index (χ3n) is 4.89. The number of fused-ring (bicyclic) bond motifs is 1. The molecule has 3 aromatic heterocycles. The molecule has 26 heavy (non-hydrogen) atoms. The number of hydrogen-bond acceptors (Lipinski definition) is 5. The number of carbonyl (C=O) groups is 1. The van der Waals surface area contributed by atoms with Gasteiger partial charge in [0.1, 0.15) is 0 Å². The van der Waals surface area contributed by atoms with Crippen molar-refractivity contribution in [3.8, 4) is 0 Å². The molecule has 0 bridgehead atoms. The Balaban J connectivity index is 1.48. The molecule has 1 N–H and O–H groups in total. The molecule has 4 heterocycles. The fraction of sp³-hybridized carbons (Fsp3) is 0.389. The first-order valence-electron chi connectivity index (χ1n) is 8.61. The number of amides is 1. The minimum absolute atomic E-state index is 0.0488. The summed E-state index contributed by atoms with van der Waals surface area (Å²) in [4.78, 5) is 23.1. The summed E-state index contributed by atoms with van der Waals surface area (Å²) in [5, 5.41) is 3.00. The number of hydrogen-bond donors (Lipinski definition) is 1. The zero-order valence-corrected chi connectivity index (χ0v) is 14.9. The Bertz CT molecular complexity index is 917. The molecule has 4 rings (SSSR count). The number of carbonyl (C=O) groups excluding carboxylic acids is 1. The molecule has 0 spiro atoms. The van der Waals surface area contributed by atoms with Crippen molar-refractivity contribution in [1.82, 2.24) is 29.2 Å². The van der Waals surface area contributed by atoms with Crippen LogP contribution in [0.4, 0.5) is 0 Å². The number of likely N-dealkylation sites (N-methyl/N-ethyl adjacent to an activating group) is 1. The van der Waals surface area contributed by atoms with Crippen LogP contribution in [0.1, 0.15) is 22.1 Å². The van der Waals surface area contributed by atoms with Crippen molar-refractivity contribution in [2.75, 3.05) is 26.7 Å². The van der Waals surface area contributed by atoms with Gasteiger partial charge >= 0.3 is 0 Å². The van der Waals surface area contributed by atoms with Crippen LogP contribution in [0, 0.1) is 0 Å². The van der Waals surface area contributed by atoms with Crippen molar-refractivity contribution in [1.29, 1.82) is 0 Å². The van der Waals surface area contributed by atoms with Gasteiger partial charge in [0.25, 0.3) is 5.91 Å². The Morgan fingerprint density at radius 3 is 2.92 bits per heavy atom. The quantitative estimate of drug-likeness (QED) is 0.752. The molecule has 1 fully saturated rings. The molecule has 0 unspecified atom stereocenters. The molecule has 1 aliphatic rings. The Morgan fingerprint density at radius 2 is 2.12 bits per heavy atom. The molecular weight excluding hydrogens is 332 g/mol. The highest BCUT2D eigenvalue weighted by Gasteiger charge is 2.33. The van der Waals surface area contributed by atoms with E-state index in [9.17, 15) is 4.79 Å². The van der Waals surface area contributed by atoms with Crippen LogP contribution >= 0.6 is 0 Å². The van der Waals surface area contributed by atoms with Gasteiger partial charge in [-0.05, 0) is 19.2 Å². The zero-order valence-electron chi connectivity index (χ0n) is 14.9. The fourth-order valence-electron chi connectivity index (χ4n) is 3.45. The standard InChI is InChI=1S/C18H22N6O2/c1-22-5-6-26-16(17(22)15-8-20-11-23(15)2)9-21-18(25)13-3-4-14-7-19-12-24(14)10-13/h3-4,7-8,10-12,16-17H,5-6,9H2,1-2H3,(H,21,25)/t16-,17-/m0/s1. The second-order valence-corrected chi connectivity index (χ2v) is 6.62. The van der Waals surface area contributed by atoms with Crippen molar-refractivity contribution >= 4 is 11.4 Å². The Hall–Kier alpha value is -2.71. The number of rotatable bonds is 4. The lowest BCUT2D eigenvalue weighted by atomic mass is 10.0. The molecule has 0 aliphatic carbocycles. The van der Waals surface area contributed by atoms with Crippen molar-refractivity contribution in [2.24, 2.45) is 7.05 Å². The van der Waals surface area contributed by atoms with Crippen LogP contribution in [-0.4, -0.2) is 62.6 Å². The van der Waals surface area contributed by atoms with Gasteiger partial charge < -0.3 is 19.0 Å². The number of nitrogens with one attached hydrogen (secondary N) is 1. The predicted molar refractivity (Wildman–Crippen MR) is 95.8 cm³/mol. The van der Waals surface area contributed by atoms with Gasteiger partial charge in [-0.15, -0.1) is 0 Å². The SMILES string of the molecule is CN1CCO[C@@H](CNC(=O)c2ccc3cncn3c2)[C@@H]1c1cncn1C. The fourth-order valence-corrected chi connectivity index (χ4v) is 3.45. The van der Waals surface area contributed by atoms with E-state index >= 15 is 0 Å². The van der Waals surface area contributed by atoms with Gasteiger partial charge in [0.15, 0.2) is 0 Å². The Labute approximate surface area is 151 Å². The second-order valence-electron chi connectivity index (χ2n) is 6.62. The highest BCUT2D eigenvalue weighted by Crippen LogP contribution is 2.27. The molecule has 8 heteroatoms. The summed E-state index contributed by atoms with van der Waals surface area (Å²) in [6, 6.07) is 3.73. The van der Waals surface area contributed by atoms with E-state index in [4.69, 9.17) is 4.74 Å². The highest BCUT2D eigenvalue weighted by atomic mass is 16.5. The summed E-state index contributed by atoms with van der Waals surface area (Å²) < 4.78 is 9.80. The smallest absolute Gasteiger partial charge is 0.252 e. The van der Waals surface area contributed by atoms with Gasteiger partial charge in [-0.25, -0.2) is 9.97 Å². The number of aromatic nitrogens is 4. The first-order valence-corrected chi connectivity index (χ1v) is 8.61. The number of pyridine rings is 1. The monoisotopic (exact) mass is 354 g/mol. The topological polar surface area (TPSA) is 76.7 Å². The zero-order chi connectivity index (χ0) is 18.1. The summed E-state index contributed by atoms with van der Waals surface area (Å²) in [6.45, 7) is 1.92. The third-order valence-corrected chi connectivity index (χ3v) is 4.89. The van der Waals surface area contributed by atoms with E-state index in [2.05, 4.69) is 27.2 Å². The van der Waals surface area contributed by atoms with Crippen LogP contribution in [0.2, 0.25) is 0 Å². The van der Waals surface area contributed by atoms with E-state index in [-0.39, 0.29) is 18.1 Å². The number of ether oxygens (including phenoxy) is 1. The first kappa shape index (κ1) is 16.7. The molecule has 136 valence electrons. The normalized spacial score (nSPS) is 21.2. The highest BCUT2D eigenvalue weighted by molar-refractivity contribution is 5.94.